The highest BCUT2D eigenvalue weighted by Gasteiger charge is 2.33. The molecule has 0 atom stereocenters. The first-order chi connectivity index (χ1) is 9.83. The van der Waals surface area contributed by atoms with Crippen LogP contribution in [0.25, 0.3) is 0 Å². The number of hydrogen-bond acceptors (Lipinski definition) is 3. The molecule has 138 valence electrons. The van der Waals surface area contributed by atoms with Crippen LogP contribution in [0, 0.1) is 5.92 Å². The molecule has 0 aromatic rings. The van der Waals surface area contributed by atoms with Gasteiger partial charge >= 0.3 is 6.18 Å². The molecule has 0 bridgehead atoms. The van der Waals surface area contributed by atoms with Crippen LogP contribution in [0.15, 0.2) is 0 Å². The van der Waals surface area contributed by atoms with Gasteiger partial charge in [-0.25, -0.2) is 0 Å². The Balaban J connectivity index is 0.00000242. The molecule has 1 aliphatic carbocycles. The zero-order valence-electron chi connectivity index (χ0n) is 13.1. The summed E-state index contributed by atoms with van der Waals surface area (Å²) in [6, 6.07) is 0.266. The lowest BCUT2D eigenvalue weighted by molar-refractivity contribution is -0.152. The smallest absolute Gasteiger partial charge is 0.340 e. The topological polar surface area (TPSA) is 49.6 Å². The molecule has 0 unspecified atom stereocenters. The molecule has 2 N–H and O–H groups in total. The van der Waals surface area contributed by atoms with Crippen LogP contribution in [0.5, 0.6) is 0 Å². The minimum atomic E-state index is -4.16. The second-order valence-electron chi connectivity index (χ2n) is 6.26. The lowest BCUT2D eigenvalue weighted by Crippen LogP contribution is -2.51. The molecule has 2 fully saturated rings. The summed E-state index contributed by atoms with van der Waals surface area (Å²) in [6.07, 6.45) is 0.273. The summed E-state index contributed by atoms with van der Waals surface area (Å²) in [7, 11) is 0. The average molecular weight is 380 g/mol. The predicted molar refractivity (Wildman–Crippen MR) is 88.1 cm³/mol. The van der Waals surface area contributed by atoms with Gasteiger partial charge in [0.25, 0.3) is 0 Å². The van der Waals surface area contributed by atoms with Crippen molar-refractivity contribution in [2.75, 3.05) is 32.7 Å². The van der Waals surface area contributed by atoms with E-state index in [0.29, 0.717) is 38.5 Å². The van der Waals surface area contributed by atoms with Crippen molar-refractivity contribution < 1.29 is 18.0 Å². The third kappa shape index (κ3) is 7.92. The molecule has 4 nitrogen and oxygen atoms in total. The highest BCUT2D eigenvalue weighted by Crippen LogP contribution is 2.26. The monoisotopic (exact) mass is 379 g/mol. The van der Waals surface area contributed by atoms with E-state index in [1.54, 1.807) is 4.90 Å². The van der Waals surface area contributed by atoms with E-state index in [2.05, 4.69) is 0 Å². The van der Waals surface area contributed by atoms with Crippen LogP contribution in [0.4, 0.5) is 13.2 Å². The number of alkyl halides is 3. The number of nitrogens with zero attached hydrogens (tertiary/aromatic N) is 2. The Morgan fingerprint density at radius 2 is 1.52 bits per heavy atom. The molecule has 0 aromatic carbocycles. The van der Waals surface area contributed by atoms with Crippen LogP contribution in [0.1, 0.15) is 32.1 Å². The minimum Gasteiger partial charge on any atom is -0.340 e. The van der Waals surface area contributed by atoms with Crippen molar-refractivity contribution in [2.24, 2.45) is 11.7 Å². The molecule has 1 saturated carbocycles. The summed E-state index contributed by atoms with van der Waals surface area (Å²) in [6.45, 7) is 0.541. The Hall–Kier alpha value is -0.240. The van der Waals surface area contributed by atoms with Crippen LogP contribution in [0.3, 0.4) is 0 Å². The Bertz CT molecular complexity index is 356. The SMILES string of the molecule is Cl.Cl.NC1CCC(CC(=O)N2CCN(CC(F)(F)F)CC2)CC1. The van der Waals surface area contributed by atoms with E-state index in [-0.39, 0.29) is 36.8 Å². The van der Waals surface area contributed by atoms with Gasteiger partial charge in [-0.1, -0.05) is 0 Å². The van der Waals surface area contributed by atoms with Gasteiger partial charge in [0.1, 0.15) is 0 Å². The van der Waals surface area contributed by atoms with Gasteiger partial charge in [0.05, 0.1) is 6.54 Å². The fourth-order valence-electron chi connectivity index (χ4n) is 3.18. The third-order valence-corrected chi connectivity index (χ3v) is 4.48. The normalized spacial score (nSPS) is 26.2. The number of rotatable bonds is 3. The van der Waals surface area contributed by atoms with Crippen molar-refractivity contribution >= 4 is 30.7 Å². The summed E-state index contributed by atoms with van der Waals surface area (Å²) < 4.78 is 36.9. The first-order valence-corrected chi connectivity index (χ1v) is 7.66. The van der Waals surface area contributed by atoms with Gasteiger partial charge in [-0.3, -0.25) is 9.69 Å². The van der Waals surface area contributed by atoms with Crippen molar-refractivity contribution in [1.29, 1.82) is 0 Å². The fraction of sp³-hybridized carbons (Fsp3) is 0.929. The van der Waals surface area contributed by atoms with Crippen LogP contribution in [0.2, 0.25) is 0 Å². The van der Waals surface area contributed by atoms with Gasteiger partial charge in [-0.05, 0) is 31.6 Å². The molecule has 2 aliphatic rings. The van der Waals surface area contributed by atoms with Crippen LogP contribution >= 0.6 is 24.8 Å². The van der Waals surface area contributed by atoms with Crippen LogP contribution in [-0.2, 0) is 4.79 Å². The Morgan fingerprint density at radius 1 is 1.00 bits per heavy atom. The summed E-state index contributed by atoms with van der Waals surface area (Å²) in [5.74, 6) is 0.479. The number of piperazine rings is 1. The average Bonchev–Trinajstić information content (AvgIpc) is 2.40. The number of amides is 1. The number of halogens is 5. The van der Waals surface area contributed by atoms with Gasteiger partial charge in [0, 0.05) is 38.6 Å². The minimum absolute atomic E-state index is 0. The molecule has 1 amide bonds. The first-order valence-electron chi connectivity index (χ1n) is 7.66. The van der Waals surface area contributed by atoms with Crippen molar-refractivity contribution in [3.8, 4) is 0 Å². The van der Waals surface area contributed by atoms with E-state index < -0.39 is 12.7 Å². The highest BCUT2D eigenvalue weighted by atomic mass is 35.5. The van der Waals surface area contributed by atoms with Gasteiger partial charge < -0.3 is 10.6 Å². The maximum absolute atomic E-state index is 12.3. The second kappa shape index (κ2) is 9.91. The summed E-state index contributed by atoms with van der Waals surface area (Å²) in [5, 5.41) is 0. The maximum Gasteiger partial charge on any atom is 0.401 e. The second-order valence-corrected chi connectivity index (χ2v) is 6.26. The van der Waals surface area contributed by atoms with Gasteiger partial charge in [-0.2, -0.15) is 13.2 Å². The number of carbonyl (C=O) groups excluding carboxylic acids is 1. The molecule has 0 spiro atoms. The van der Waals surface area contributed by atoms with Crippen molar-refractivity contribution in [1.82, 2.24) is 9.80 Å². The van der Waals surface area contributed by atoms with Gasteiger partial charge in [-0.15, -0.1) is 24.8 Å². The lowest BCUT2D eigenvalue weighted by atomic mass is 9.84. The molecule has 1 aliphatic heterocycles. The largest absolute Gasteiger partial charge is 0.401 e. The summed E-state index contributed by atoms with van der Waals surface area (Å²) >= 11 is 0. The Labute approximate surface area is 147 Å². The maximum atomic E-state index is 12.3. The van der Waals surface area contributed by atoms with Crippen molar-refractivity contribution in [2.45, 2.75) is 44.3 Å². The summed E-state index contributed by atoms with van der Waals surface area (Å²) in [5.41, 5.74) is 5.84. The quantitative estimate of drug-likeness (QED) is 0.819. The van der Waals surface area contributed by atoms with E-state index in [4.69, 9.17) is 5.73 Å². The van der Waals surface area contributed by atoms with E-state index in [0.717, 1.165) is 25.7 Å². The molecular formula is C14H26Cl2F3N3O. The number of hydrogen-bond donors (Lipinski definition) is 1. The molecule has 23 heavy (non-hydrogen) atoms. The third-order valence-electron chi connectivity index (χ3n) is 4.48. The molecule has 1 saturated heterocycles. The zero-order valence-corrected chi connectivity index (χ0v) is 14.7. The highest BCUT2D eigenvalue weighted by molar-refractivity contribution is 5.85. The van der Waals surface area contributed by atoms with Crippen LogP contribution < -0.4 is 5.73 Å². The van der Waals surface area contributed by atoms with E-state index >= 15 is 0 Å². The lowest BCUT2D eigenvalue weighted by Gasteiger charge is -2.36. The molecule has 0 radical (unpaired) electrons. The van der Waals surface area contributed by atoms with Gasteiger partial charge in [0.15, 0.2) is 0 Å². The predicted octanol–water partition coefficient (Wildman–Crippen LogP) is 2.44. The van der Waals surface area contributed by atoms with E-state index in [1.807, 2.05) is 0 Å². The zero-order chi connectivity index (χ0) is 15.5. The molecule has 2 rings (SSSR count). The van der Waals surface area contributed by atoms with E-state index in [9.17, 15) is 18.0 Å². The van der Waals surface area contributed by atoms with Crippen molar-refractivity contribution in [3.63, 3.8) is 0 Å². The molecule has 1 heterocycles. The molecule has 9 heteroatoms. The summed E-state index contributed by atoms with van der Waals surface area (Å²) in [4.78, 5) is 15.3. The fourth-order valence-corrected chi connectivity index (χ4v) is 3.18. The van der Waals surface area contributed by atoms with Gasteiger partial charge in [0.2, 0.25) is 5.91 Å². The standard InChI is InChI=1S/C14H24F3N3O.2ClH/c15-14(16,17)10-19-5-7-20(8-6-19)13(21)9-11-1-3-12(18)4-2-11;;/h11-12H,1-10,18H2;2*1H. The molecule has 0 aromatic heterocycles. The van der Waals surface area contributed by atoms with Crippen molar-refractivity contribution in [3.05, 3.63) is 0 Å². The first kappa shape index (κ1) is 22.8. The number of nitrogens with two attached hydrogens (primary N) is 1. The Morgan fingerprint density at radius 3 is 2.00 bits per heavy atom. The van der Waals surface area contributed by atoms with E-state index in [1.165, 1.54) is 4.90 Å². The van der Waals surface area contributed by atoms with Crippen LogP contribution in [-0.4, -0.2) is 60.6 Å². The number of carbonyl (C=O) groups is 1. The molecular weight excluding hydrogens is 354 g/mol. The Kier molecular flexibility index (Phi) is 9.81.